The number of carbonyl (C=O) groups excluding carboxylic acids is 1. The number of carboxylic acid groups (broad SMARTS) is 1. The number of thiophene rings is 1. The molecule has 0 radical (unpaired) electrons. The first-order valence-corrected chi connectivity index (χ1v) is 7.96. The smallest absolute Gasteiger partial charge is 0.338 e. The van der Waals surface area contributed by atoms with Crippen molar-refractivity contribution in [2.24, 2.45) is 0 Å². The maximum Gasteiger partial charge on any atom is 0.338 e. The van der Waals surface area contributed by atoms with E-state index in [2.05, 4.69) is 16.4 Å². The molecule has 6 nitrogen and oxygen atoms in total. The van der Waals surface area contributed by atoms with Gasteiger partial charge >= 0.3 is 5.97 Å². The van der Waals surface area contributed by atoms with Crippen molar-refractivity contribution in [1.82, 2.24) is 4.98 Å². The molecule has 1 amide bonds. The summed E-state index contributed by atoms with van der Waals surface area (Å²) >= 11 is 1.41. The van der Waals surface area contributed by atoms with Gasteiger partial charge in [-0.1, -0.05) is 0 Å². The van der Waals surface area contributed by atoms with E-state index in [1.165, 1.54) is 23.6 Å². The van der Waals surface area contributed by atoms with Gasteiger partial charge in [-0.2, -0.15) is 5.26 Å². The second-order valence-corrected chi connectivity index (χ2v) is 6.31. The normalized spacial score (nSPS) is 13.0. The third-order valence-corrected chi connectivity index (χ3v) is 5.01. The number of fused-ring (bicyclic) bond motifs is 1. The number of aromatic nitrogens is 1. The predicted molar refractivity (Wildman–Crippen MR) is 84.8 cm³/mol. The fraction of sp³-hybridized carbons (Fsp3) is 0.250. The second kappa shape index (κ2) is 6.18. The molecule has 0 unspecified atom stereocenters. The largest absolute Gasteiger partial charge is 0.478 e. The van der Waals surface area contributed by atoms with Crippen LogP contribution in [0.3, 0.4) is 0 Å². The molecule has 2 heterocycles. The first-order chi connectivity index (χ1) is 11.1. The van der Waals surface area contributed by atoms with Crippen LogP contribution in [0.5, 0.6) is 0 Å². The molecule has 116 valence electrons. The number of nitrogens with zero attached hydrogens (tertiary/aromatic N) is 2. The molecule has 0 atom stereocenters. The Kier molecular flexibility index (Phi) is 4.08. The third-order valence-electron chi connectivity index (χ3n) is 3.81. The number of aromatic carboxylic acids is 1. The van der Waals surface area contributed by atoms with Gasteiger partial charge in [-0.15, -0.1) is 11.3 Å². The molecule has 0 aromatic carbocycles. The maximum absolute atomic E-state index is 12.4. The predicted octanol–water partition coefficient (Wildman–Crippen LogP) is 2.84. The number of aryl methyl sites for hydroxylation is 1. The Morgan fingerprint density at radius 3 is 2.83 bits per heavy atom. The van der Waals surface area contributed by atoms with E-state index < -0.39 is 11.9 Å². The number of anilines is 1. The lowest BCUT2D eigenvalue weighted by Crippen LogP contribution is -2.16. The molecule has 7 heteroatoms. The van der Waals surface area contributed by atoms with Crippen LogP contribution in [-0.2, 0) is 12.8 Å². The molecule has 0 spiro atoms. The quantitative estimate of drug-likeness (QED) is 0.902. The highest BCUT2D eigenvalue weighted by molar-refractivity contribution is 7.16. The molecule has 2 aromatic heterocycles. The van der Waals surface area contributed by atoms with Gasteiger partial charge in [0.2, 0.25) is 0 Å². The Labute approximate surface area is 136 Å². The van der Waals surface area contributed by atoms with Crippen molar-refractivity contribution in [1.29, 1.82) is 5.26 Å². The maximum atomic E-state index is 12.4. The van der Waals surface area contributed by atoms with Gasteiger partial charge in [0, 0.05) is 17.3 Å². The van der Waals surface area contributed by atoms with Gasteiger partial charge in [0.1, 0.15) is 11.1 Å². The summed E-state index contributed by atoms with van der Waals surface area (Å²) in [5.74, 6) is -1.76. The minimum atomic E-state index is -1.21. The minimum Gasteiger partial charge on any atom is -0.478 e. The average molecular weight is 327 g/mol. The summed E-state index contributed by atoms with van der Waals surface area (Å²) in [6, 6.07) is 3.52. The molecule has 0 aliphatic heterocycles. The fourth-order valence-corrected chi connectivity index (χ4v) is 3.94. The Hall–Kier alpha value is -2.72. The van der Waals surface area contributed by atoms with E-state index in [1.807, 2.05) is 0 Å². The Bertz CT molecular complexity index is 836. The number of hydrogen-bond donors (Lipinski definition) is 2. The molecule has 0 saturated heterocycles. The van der Waals surface area contributed by atoms with E-state index in [9.17, 15) is 14.9 Å². The molecule has 2 N–H and O–H groups in total. The number of nitriles is 1. The molecule has 1 aliphatic rings. The zero-order valence-electron chi connectivity index (χ0n) is 12.1. The van der Waals surface area contributed by atoms with Crippen LogP contribution in [0, 0.1) is 11.3 Å². The van der Waals surface area contributed by atoms with E-state index in [4.69, 9.17) is 5.11 Å². The number of hydrogen-bond acceptors (Lipinski definition) is 5. The molecule has 1 aliphatic carbocycles. The van der Waals surface area contributed by atoms with Crippen molar-refractivity contribution in [2.75, 3.05) is 5.32 Å². The highest BCUT2D eigenvalue weighted by Crippen LogP contribution is 2.37. The van der Waals surface area contributed by atoms with E-state index >= 15 is 0 Å². The lowest BCUT2D eigenvalue weighted by atomic mass is 9.96. The number of pyridine rings is 1. The van der Waals surface area contributed by atoms with Crippen molar-refractivity contribution in [3.05, 3.63) is 45.6 Å². The average Bonchev–Trinajstić information content (AvgIpc) is 2.91. The number of carbonyl (C=O) groups is 2. The van der Waals surface area contributed by atoms with E-state index in [0.717, 1.165) is 42.3 Å². The third kappa shape index (κ3) is 2.81. The van der Waals surface area contributed by atoms with Crippen molar-refractivity contribution < 1.29 is 14.7 Å². The van der Waals surface area contributed by atoms with E-state index in [-0.39, 0.29) is 11.1 Å². The summed E-state index contributed by atoms with van der Waals surface area (Å²) in [5, 5.41) is 21.7. The first-order valence-electron chi connectivity index (χ1n) is 7.15. The van der Waals surface area contributed by atoms with Crippen molar-refractivity contribution >= 4 is 28.2 Å². The lowest BCUT2D eigenvalue weighted by Gasteiger charge is -2.09. The summed E-state index contributed by atoms with van der Waals surface area (Å²) in [4.78, 5) is 28.5. The summed E-state index contributed by atoms with van der Waals surface area (Å²) in [5.41, 5.74) is 1.39. The Balaban J connectivity index is 1.94. The van der Waals surface area contributed by atoms with Crippen LogP contribution in [0.2, 0.25) is 0 Å². The molecule has 0 bridgehead atoms. The number of carboxylic acids is 1. The summed E-state index contributed by atoms with van der Waals surface area (Å²) in [6.45, 7) is 0. The lowest BCUT2D eigenvalue weighted by molar-refractivity contribution is 0.0692. The molecule has 3 rings (SSSR count). The Morgan fingerprint density at radius 1 is 1.30 bits per heavy atom. The topological polar surface area (TPSA) is 103 Å². The van der Waals surface area contributed by atoms with Gasteiger partial charge in [-0.05, 0) is 37.3 Å². The van der Waals surface area contributed by atoms with Crippen LogP contribution < -0.4 is 5.32 Å². The highest BCUT2D eigenvalue weighted by Gasteiger charge is 2.23. The van der Waals surface area contributed by atoms with Gasteiger partial charge in [-0.25, -0.2) is 4.79 Å². The zero-order valence-corrected chi connectivity index (χ0v) is 12.9. The molecular weight excluding hydrogens is 314 g/mol. The number of amides is 1. The van der Waals surface area contributed by atoms with Crippen molar-refractivity contribution in [3.63, 3.8) is 0 Å². The minimum absolute atomic E-state index is 0.0303. The van der Waals surface area contributed by atoms with Gasteiger partial charge in [0.15, 0.2) is 0 Å². The van der Waals surface area contributed by atoms with Gasteiger partial charge in [-0.3, -0.25) is 9.78 Å². The van der Waals surface area contributed by atoms with Crippen molar-refractivity contribution in [2.45, 2.75) is 25.7 Å². The summed E-state index contributed by atoms with van der Waals surface area (Å²) in [7, 11) is 0. The van der Waals surface area contributed by atoms with Gasteiger partial charge < -0.3 is 10.4 Å². The molecular formula is C16H13N3O3S. The molecule has 0 saturated carbocycles. The van der Waals surface area contributed by atoms with Gasteiger partial charge in [0.25, 0.3) is 5.91 Å². The van der Waals surface area contributed by atoms with Crippen LogP contribution in [-0.4, -0.2) is 22.0 Å². The highest BCUT2D eigenvalue weighted by atomic mass is 32.1. The summed E-state index contributed by atoms with van der Waals surface area (Å²) < 4.78 is 0. The fourth-order valence-electron chi connectivity index (χ4n) is 2.71. The van der Waals surface area contributed by atoms with Crippen LogP contribution in [0.25, 0.3) is 0 Å². The van der Waals surface area contributed by atoms with Crippen LogP contribution in [0.1, 0.15) is 49.6 Å². The van der Waals surface area contributed by atoms with Crippen LogP contribution >= 0.6 is 11.3 Å². The van der Waals surface area contributed by atoms with Gasteiger partial charge in [0.05, 0.1) is 16.7 Å². The monoisotopic (exact) mass is 327 g/mol. The standard InChI is InChI=1S/C16H13N3O3S/c17-7-11-9-3-1-2-4-13(9)23-15(11)19-14(20)10-5-6-18-8-12(10)16(21)22/h5-6,8H,1-4H2,(H,19,20)(H,21,22). The summed E-state index contributed by atoms with van der Waals surface area (Å²) in [6.07, 6.45) is 6.40. The van der Waals surface area contributed by atoms with Crippen LogP contribution in [0.15, 0.2) is 18.5 Å². The SMILES string of the molecule is N#Cc1c(NC(=O)c2ccncc2C(=O)O)sc2c1CCCC2. The first kappa shape index (κ1) is 15.2. The molecule has 23 heavy (non-hydrogen) atoms. The number of rotatable bonds is 3. The van der Waals surface area contributed by atoms with Crippen LogP contribution in [0.4, 0.5) is 5.00 Å². The van der Waals surface area contributed by atoms with E-state index in [1.54, 1.807) is 0 Å². The molecule has 0 fully saturated rings. The molecule has 2 aromatic rings. The second-order valence-electron chi connectivity index (χ2n) is 5.21. The number of nitrogens with one attached hydrogen (secondary N) is 1. The van der Waals surface area contributed by atoms with E-state index in [0.29, 0.717) is 10.6 Å². The zero-order chi connectivity index (χ0) is 16.4. The van der Waals surface area contributed by atoms with Crippen molar-refractivity contribution in [3.8, 4) is 6.07 Å². The Morgan fingerprint density at radius 2 is 2.09 bits per heavy atom.